The van der Waals surface area contributed by atoms with Gasteiger partial charge >= 0.3 is 0 Å². The van der Waals surface area contributed by atoms with Gasteiger partial charge in [-0.05, 0) is 23.9 Å². The summed E-state index contributed by atoms with van der Waals surface area (Å²) in [5, 5.41) is 19.2. The van der Waals surface area contributed by atoms with E-state index in [1.54, 1.807) is 9.36 Å². The lowest BCUT2D eigenvalue weighted by Gasteiger charge is -2.10. The van der Waals surface area contributed by atoms with Gasteiger partial charge in [0.1, 0.15) is 0 Å². The van der Waals surface area contributed by atoms with Crippen LogP contribution in [0.25, 0.3) is 5.82 Å². The van der Waals surface area contributed by atoms with Gasteiger partial charge in [-0.2, -0.15) is 9.78 Å². The molecule has 2 rings (SSSR count). The SMILES string of the molecule is CCNC(C)c1nnnn1-c1ccn(C)n1. The monoisotopic (exact) mass is 221 g/mol. The van der Waals surface area contributed by atoms with Gasteiger partial charge in [-0.25, -0.2) is 0 Å². The van der Waals surface area contributed by atoms with Crippen molar-refractivity contribution in [2.24, 2.45) is 7.05 Å². The molecule has 0 radical (unpaired) electrons. The molecule has 2 heterocycles. The van der Waals surface area contributed by atoms with Crippen LogP contribution in [0.5, 0.6) is 0 Å². The molecule has 0 spiro atoms. The highest BCUT2D eigenvalue weighted by Gasteiger charge is 2.15. The summed E-state index contributed by atoms with van der Waals surface area (Å²) in [6.07, 6.45) is 1.86. The zero-order valence-corrected chi connectivity index (χ0v) is 9.62. The topological polar surface area (TPSA) is 73.5 Å². The predicted octanol–water partition coefficient (Wildman–Crippen LogP) is 0.0663. The Morgan fingerprint density at radius 1 is 1.50 bits per heavy atom. The fraction of sp³-hybridized carbons (Fsp3) is 0.556. The molecule has 0 bridgehead atoms. The minimum Gasteiger partial charge on any atom is -0.308 e. The van der Waals surface area contributed by atoms with Gasteiger partial charge in [0.2, 0.25) is 0 Å². The number of aromatic nitrogens is 6. The molecule has 1 unspecified atom stereocenters. The summed E-state index contributed by atoms with van der Waals surface area (Å²) in [4.78, 5) is 0. The molecule has 2 aromatic rings. The Morgan fingerprint density at radius 2 is 2.31 bits per heavy atom. The lowest BCUT2D eigenvalue weighted by molar-refractivity contribution is 0.546. The Labute approximate surface area is 93.5 Å². The van der Waals surface area contributed by atoms with E-state index in [-0.39, 0.29) is 6.04 Å². The molecular formula is C9H15N7. The first-order chi connectivity index (χ1) is 7.72. The van der Waals surface area contributed by atoms with Crippen LogP contribution in [0.1, 0.15) is 25.7 Å². The molecule has 1 atom stereocenters. The molecule has 86 valence electrons. The minimum atomic E-state index is 0.0991. The minimum absolute atomic E-state index is 0.0991. The smallest absolute Gasteiger partial charge is 0.179 e. The van der Waals surface area contributed by atoms with Crippen LogP contribution < -0.4 is 5.32 Å². The number of rotatable bonds is 4. The van der Waals surface area contributed by atoms with Gasteiger partial charge in [-0.3, -0.25) is 4.68 Å². The van der Waals surface area contributed by atoms with Crippen molar-refractivity contribution >= 4 is 0 Å². The van der Waals surface area contributed by atoms with Crippen molar-refractivity contribution in [3.63, 3.8) is 0 Å². The van der Waals surface area contributed by atoms with Crippen LogP contribution in [-0.4, -0.2) is 36.5 Å². The molecule has 0 saturated carbocycles. The fourth-order valence-electron chi connectivity index (χ4n) is 1.54. The zero-order chi connectivity index (χ0) is 11.5. The predicted molar refractivity (Wildman–Crippen MR) is 58.0 cm³/mol. The Bertz CT molecular complexity index is 458. The highest BCUT2D eigenvalue weighted by molar-refractivity contribution is 5.19. The molecule has 0 aliphatic rings. The van der Waals surface area contributed by atoms with Gasteiger partial charge in [-0.1, -0.05) is 6.92 Å². The van der Waals surface area contributed by atoms with Crippen LogP contribution in [0.3, 0.4) is 0 Å². The Balaban J connectivity index is 2.32. The summed E-state index contributed by atoms with van der Waals surface area (Å²) in [5.41, 5.74) is 0. The first-order valence-corrected chi connectivity index (χ1v) is 5.24. The van der Waals surface area contributed by atoms with Crippen molar-refractivity contribution in [2.45, 2.75) is 19.9 Å². The van der Waals surface area contributed by atoms with Crippen molar-refractivity contribution < 1.29 is 0 Å². The van der Waals surface area contributed by atoms with E-state index in [9.17, 15) is 0 Å². The number of tetrazole rings is 1. The van der Waals surface area contributed by atoms with Crippen LogP contribution in [0, 0.1) is 0 Å². The Kier molecular flexibility index (Phi) is 2.95. The molecule has 0 aliphatic carbocycles. The summed E-state index contributed by atoms with van der Waals surface area (Å²) < 4.78 is 3.37. The van der Waals surface area contributed by atoms with Crippen LogP contribution in [0.2, 0.25) is 0 Å². The zero-order valence-electron chi connectivity index (χ0n) is 9.62. The van der Waals surface area contributed by atoms with Gasteiger partial charge in [0, 0.05) is 19.3 Å². The van der Waals surface area contributed by atoms with Crippen LogP contribution in [0.15, 0.2) is 12.3 Å². The second-order valence-electron chi connectivity index (χ2n) is 3.58. The third kappa shape index (κ3) is 1.94. The van der Waals surface area contributed by atoms with Crippen LogP contribution >= 0.6 is 0 Å². The van der Waals surface area contributed by atoms with Crippen LogP contribution in [-0.2, 0) is 7.05 Å². The highest BCUT2D eigenvalue weighted by Crippen LogP contribution is 2.11. The van der Waals surface area contributed by atoms with Gasteiger partial charge in [0.15, 0.2) is 11.6 Å². The summed E-state index contributed by atoms with van der Waals surface area (Å²) in [6, 6.07) is 1.97. The molecule has 0 aliphatic heterocycles. The molecular weight excluding hydrogens is 206 g/mol. The summed E-state index contributed by atoms with van der Waals surface area (Å²) in [7, 11) is 1.86. The quantitative estimate of drug-likeness (QED) is 0.790. The number of hydrogen-bond donors (Lipinski definition) is 1. The van der Waals surface area contributed by atoms with E-state index in [0.29, 0.717) is 0 Å². The second kappa shape index (κ2) is 4.40. The number of aryl methyl sites for hydroxylation is 1. The number of hydrogen-bond acceptors (Lipinski definition) is 5. The number of nitrogens with zero attached hydrogens (tertiary/aromatic N) is 6. The van der Waals surface area contributed by atoms with Gasteiger partial charge in [0.05, 0.1) is 6.04 Å². The van der Waals surface area contributed by atoms with E-state index in [1.165, 1.54) is 0 Å². The number of nitrogens with one attached hydrogen (secondary N) is 1. The van der Waals surface area contributed by atoms with Gasteiger partial charge < -0.3 is 5.32 Å². The molecule has 7 heteroatoms. The summed E-state index contributed by atoms with van der Waals surface area (Å²) in [5.74, 6) is 1.49. The van der Waals surface area contributed by atoms with Crippen LogP contribution in [0.4, 0.5) is 0 Å². The maximum absolute atomic E-state index is 4.27. The van der Waals surface area contributed by atoms with E-state index in [0.717, 1.165) is 18.2 Å². The Hall–Kier alpha value is -1.76. The Morgan fingerprint density at radius 3 is 2.94 bits per heavy atom. The average molecular weight is 221 g/mol. The first kappa shape index (κ1) is 10.7. The molecule has 7 nitrogen and oxygen atoms in total. The lowest BCUT2D eigenvalue weighted by Crippen LogP contribution is -2.21. The van der Waals surface area contributed by atoms with Crippen molar-refractivity contribution in [1.82, 2.24) is 35.3 Å². The first-order valence-electron chi connectivity index (χ1n) is 5.24. The van der Waals surface area contributed by atoms with Gasteiger partial charge in [-0.15, -0.1) is 5.10 Å². The largest absolute Gasteiger partial charge is 0.308 e. The van der Waals surface area contributed by atoms with E-state index >= 15 is 0 Å². The molecule has 0 saturated heterocycles. The standard InChI is InChI=1S/C9H15N7/c1-4-10-7(2)9-11-13-14-16(9)8-5-6-15(3)12-8/h5-7,10H,4H2,1-3H3. The van der Waals surface area contributed by atoms with E-state index in [2.05, 4.69) is 25.9 Å². The average Bonchev–Trinajstić information content (AvgIpc) is 2.85. The lowest BCUT2D eigenvalue weighted by atomic mass is 10.3. The van der Waals surface area contributed by atoms with E-state index in [4.69, 9.17) is 0 Å². The van der Waals surface area contributed by atoms with Crippen molar-refractivity contribution in [3.05, 3.63) is 18.1 Å². The van der Waals surface area contributed by atoms with Crippen molar-refractivity contribution in [3.8, 4) is 5.82 Å². The highest BCUT2D eigenvalue weighted by atomic mass is 15.6. The molecule has 1 N–H and O–H groups in total. The molecule has 2 aromatic heterocycles. The molecule has 0 fully saturated rings. The summed E-state index contributed by atoms with van der Waals surface area (Å²) >= 11 is 0. The second-order valence-corrected chi connectivity index (χ2v) is 3.58. The molecule has 0 aromatic carbocycles. The van der Waals surface area contributed by atoms with Crippen molar-refractivity contribution in [2.75, 3.05) is 6.54 Å². The van der Waals surface area contributed by atoms with Gasteiger partial charge in [0.25, 0.3) is 0 Å². The third-order valence-corrected chi connectivity index (χ3v) is 2.31. The third-order valence-electron chi connectivity index (χ3n) is 2.31. The molecule has 16 heavy (non-hydrogen) atoms. The van der Waals surface area contributed by atoms with E-state index in [1.807, 2.05) is 33.2 Å². The normalized spacial score (nSPS) is 12.9. The molecule has 0 amide bonds. The maximum atomic E-state index is 4.27. The summed E-state index contributed by atoms with van der Waals surface area (Å²) in [6.45, 7) is 4.94. The fourth-order valence-corrected chi connectivity index (χ4v) is 1.54. The maximum Gasteiger partial charge on any atom is 0.179 e. The van der Waals surface area contributed by atoms with E-state index < -0.39 is 0 Å². The van der Waals surface area contributed by atoms with Crippen molar-refractivity contribution in [1.29, 1.82) is 0 Å².